The summed E-state index contributed by atoms with van der Waals surface area (Å²) in [6.45, 7) is 1.07. The van der Waals surface area contributed by atoms with Crippen molar-refractivity contribution in [2.45, 2.75) is 31.4 Å². The fraction of sp³-hybridized carbons (Fsp3) is 0.231. The number of pyridine rings is 1. The molecule has 1 spiro atoms. The standard InChI is InChI=1S/C26H22ClN5O2/c27-21-13-18(5-7-23(21)33-14-19-3-1-2-10-28-19)31-25-20-11-17(4-6-22(20)29-16-30-25)12-24-32-26(8-9-26)15-34-24/h1-7,10-11,13,16H,8-9,12,14-15H2,(H,29,30,31). The molecule has 0 saturated heterocycles. The first-order valence-electron chi connectivity index (χ1n) is 11.2. The molecule has 1 fully saturated rings. The molecule has 170 valence electrons. The smallest absolute Gasteiger partial charge is 0.188 e. The highest BCUT2D eigenvalue weighted by molar-refractivity contribution is 6.32. The van der Waals surface area contributed by atoms with Crippen LogP contribution in [0.5, 0.6) is 5.75 Å². The molecule has 0 bridgehead atoms. The molecule has 2 aliphatic rings. The fourth-order valence-electron chi connectivity index (χ4n) is 3.99. The van der Waals surface area contributed by atoms with E-state index < -0.39 is 0 Å². The number of benzene rings is 2. The summed E-state index contributed by atoms with van der Waals surface area (Å²) < 4.78 is 11.6. The predicted octanol–water partition coefficient (Wildman–Crippen LogP) is 5.50. The van der Waals surface area contributed by atoms with Gasteiger partial charge in [-0.1, -0.05) is 23.7 Å². The molecule has 0 atom stereocenters. The zero-order valence-electron chi connectivity index (χ0n) is 18.4. The summed E-state index contributed by atoms with van der Waals surface area (Å²) in [6.07, 6.45) is 6.22. The molecule has 6 rings (SSSR count). The summed E-state index contributed by atoms with van der Waals surface area (Å²) >= 11 is 6.48. The van der Waals surface area contributed by atoms with E-state index in [1.54, 1.807) is 12.5 Å². The summed E-state index contributed by atoms with van der Waals surface area (Å²) in [4.78, 5) is 17.9. The largest absolute Gasteiger partial charge is 0.486 e. The van der Waals surface area contributed by atoms with Crippen LogP contribution in [0.3, 0.4) is 0 Å². The van der Waals surface area contributed by atoms with E-state index >= 15 is 0 Å². The van der Waals surface area contributed by atoms with Crippen LogP contribution in [0.25, 0.3) is 10.9 Å². The highest BCUT2D eigenvalue weighted by Crippen LogP contribution is 2.43. The highest BCUT2D eigenvalue weighted by atomic mass is 35.5. The second-order valence-corrected chi connectivity index (χ2v) is 9.06. The normalized spacial score (nSPS) is 15.7. The number of fused-ring (bicyclic) bond motifs is 1. The molecule has 1 saturated carbocycles. The van der Waals surface area contributed by atoms with E-state index in [1.165, 1.54) is 0 Å². The van der Waals surface area contributed by atoms with Crippen LogP contribution < -0.4 is 10.1 Å². The third kappa shape index (κ3) is 4.39. The molecule has 4 aromatic rings. The summed E-state index contributed by atoms with van der Waals surface area (Å²) in [6, 6.07) is 17.4. The maximum absolute atomic E-state index is 6.48. The third-order valence-corrected chi connectivity index (χ3v) is 6.34. The average molecular weight is 472 g/mol. The number of anilines is 2. The van der Waals surface area contributed by atoms with Gasteiger partial charge in [-0.2, -0.15) is 0 Å². The van der Waals surface area contributed by atoms with Gasteiger partial charge in [-0.05, 0) is 60.9 Å². The number of halogens is 1. The van der Waals surface area contributed by atoms with E-state index in [0.717, 1.165) is 46.6 Å². The minimum absolute atomic E-state index is 0.0781. The number of rotatable bonds is 7. The average Bonchev–Trinajstić information content (AvgIpc) is 3.50. The predicted molar refractivity (Wildman–Crippen MR) is 132 cm³/mol. The molecule has 7 nitrogen and oxygen atoms in total. The van der Waals surface area contributed by atoms with E-state index in [-0.39, 0.29) is 5.54 Å². The second-order valence-electron chi connectivity index (χ2n) is 8.65. The monoisotopic (exact) mass is 471 g/mol. The maximum atomic E-state index is 6.48. The van der Waals surface area contributed by atoms with Crippen molar-refractivity contribution in [2.75, 3.05) is 11.9 Å². The number of aliphatic imine (C=N–C) groups is 1. The summed E-state index contributed by atoms with van der Waals surface area (Å²) in [7, 11) is 0. The second kappa shape index (κ2) is 8.57. The Kier molecular flexibility index (Phi) is 5.26. The maximum Gasteiger partial charge on any atom is 0.188 e. The number of ether oxygens (including phenoxy) is 2. The lowest BCUT2D eigenvalue weighted by atomic mass is 10.1. The van der Waals surface area contributed by atoms with Crippen molar-refractivity contribution in [3.63, 3.8) is 0 Å². The minimum Gasteiger partial charge on any atom is -0.486 e. The zero-order chi connectivity index (χ0) is 23.0. The van der Waals surface area contributed by atoms with Crippen LogP contribution in [-0.2, 0) is 17.8 Å². The van der Waals surface area contributed by atoms with Crippen LogP contribution in [0.15, 0.2) is 72.1 Å². The van der Waals surface area contributed by atoms with Gasteiger partial charge in [-0.15, -0.1) is 0 Å². The lowest BCUT2D eigenvalue weighted by Gasteiger charge is -2.12. The Morgan fingerprint density at radius 1 is 1.03 bits per heavy atom. The molecular formula is C26H22ClN5O2. The van der Waals surface area contributed by atoms with E-state index in [0.29, 0.717) is 36.2 Å². The summed E-state index contributed by atoms with van der Waals surface area (Å²) in [5.74, 6) is 2.12. The Hall–Kier alpha value is -3.71. The summed E-state index contributed by atoms with van der Waals surface area (Å²) in [5, 5.41) is 4.80. The molecule has 0 amide bonds. The van der Waals surface area contributed by atoms with Crippen LogP contribution in [0.4, 0.5) is 11.5 Å². The van der Waals surface area contributed by atoms with Crippen molar-refractivity contribution < 1.29 is 9.47 Å². The topological polar surface area (TPSA) is 81.5 Å². The molecule has 2 aromatic carbocycles. The molecule has 0 radical (unpaired) electrons. The van der Waals surface area contributed by atoms with E-state index in [9.17, 15) is 0 Å². The number of hydrogen-bond donors (Lipinski definition) is 1. The SMILES string of the molecule is Clc1cc(Nc2ncnc3ccc(CC4=NC5(CC5)CO4)cc23)ccc1OCc1ccccn1. The van der Waals surface area contributed by atoms with Gasteiger partial charge >= 0.3 is 0 Å². The quantitative estimate of drug-likeness (QED) is 0.383. The van der Waals surface area contributed by atoms with Crippen LogP contribution in [0.2, 0.25) is 5.02 Å². The molecule has 34 heavy (non-hydrogen) atoms. The van der Waals surface area contributed by atoms with Crippen molar-refractivity contribution in [1.82, 2.24) is 15.0 Å². The minimum atomic E-state index is 0.0781. The fourth-order valence-corrected chi connectivity index (χ4v) is 4.23. The summed E-state index contributed by atoms with van der Waals surface area (Å²) in [5.41, 5.74) is 3.69. The number of nitrogens with zero attached hydrogens (tertiary/aromatic N) is 4. The number of aromatic nitrogens is 3. The molecule has 3 heterocycles. The lowest BCUT2D eigenvalue weighted by Crippen LogP contribution is -2.06. The first-order valence-corrected chi connectivity index (χ1v) is 11.6. The van der Waals surface area contributed by atoms with Gasteiger partial charge in [0, 0.05) is 23.7 Å². The van der Waals surface area contributed by atoms with Crippen molar-refractivity contribution in [1.29, 1.82) is 0 Å². The van der Waals surface area contributed by atoms with Gasteiger partial charge in [-0.3, -0.25) is 4.98 Å². The Labute approximate surface area is 201 Å². The van der Waals surface area contributed by atoms with Crippen molar-refractivity contribution in [3.8, 4) is 5.75 Å². The van der Waals surface area contributed by atoms with Gasteiger partial charge in [-0.25, -0.2) is 15.0 Å². The number of nitrogens with one attached hydrogen (secondary N) is 1. The van der Waals surface area contributed by atoms with Gasteiger partial charge in [0.25, 0.3) is 0 Å². The zero-order valence-corrected chi connectivity index (χ0v) is 19.1. The van der Waals surface area contributed by atoms with Gasteiger partial charge in [0.15, 0.2) is 5.90 Å². The molecule has 1 N–H and O–H groups in total. The van der Waals surface area contributed by atoms with Gasteiger partial charge < -0.3 is 14.8 Å². The molecule has 8 heteroatoms. The lowest BCUT2D eigenvalue weighted by molar-refractivity contribution is 0.301. The van der Waals surface area contributed by atoms with Crippen LogP contribution in [0, 0.1) is 0 Å². The third-order valence-electron chi connectivity index (χ3n) is 6.05. The first-order chi connectivity index (χ1) is 16.7. The molecular weight excluding hydrogens is 450 g/mol. The van der Waals surface area contributed by atoms with Gasteiger partial charge in [0.2, 0.25) is 0 Å². The van der Waals surface area contributed by atoms with Gasteiger partial charge in [0.1, 0.15) is 31.1 Å². The Balaban J connectivity index is 1.20. The van der Waals surface area contributed by atoms with E-state index in [1.807, 2.05) is 42.5 Å². The van der Waals surface area contributed by atoms with Gasteiger partial charge in [0.05, 0.1) is 21.8 Å². The Bertz CT molecular complexity index is 1390. The van der Waals surface area contributed by atoms with Crippen molar-refractivity contribution in [3.05, 3.63) is 83.4 Å². The molecule has 0 unspecified atom stereocenters. The van der Waals surface area contributed by atoms with Crippen LogP contribution in [-0.4, -0.2) is 33.0 Å². The van der Waals surface area contributed by atoms with E-state index in [4.69, 9.17) is 26.1 Å². The first kappa shape index (κ1) is 20.9. The van der Waals surface area contributed by atoms with Crippen LogP contribution >= 0.6 is 11.6 Å². The number of hydrogen-bond acceptors (Lipinski definition) is 7. The Morgan fingerprint density at radius 3 is 2.76 bits per heavy atom. The molecule has 1 aliphatic carbocycles. The van der Waals surface area contributed by atoms with Crippen LogP contribution in [0.1, 0.15) is 24.1 Å². The van der Waals surface area contributed by atoms with Crippen molar-refractivity contribution >= 4 is 39.9 Å². The van der Waals surface area contributed by atoms with Crippen molar-refractivity contribution in [2.24, 2.45) is 4.99 Å². The molecule has 2 aromatic heterocycles. The molecule has 1 aliphatic heterocycles. The Morgan fingerprint density at radius 2 is 1.97 bits per heavy atom. The van der Waals surface area contributed by atoms with E-state index in [2.05, 4.69) is 32.4 Å². The highest BCUT2D eigenvalue weighted by Gasteiger charge is 2.47.